The SMILES string of the molecule is CN1CC[C@H](O)[C@@]2(CCCN(C(=O)c3ccc4nc[nH]c4c3)C2)C1. The minimum absolute atomic E-state index is 0.0472. The summed E-state index contributed by atoms with van der Waals surface area (Å²) in [5.74, 6) is 0.0472. The van der Waals surface area contributed by atoms with Crippen molar-refractivity contribution >= 4 is 16.9 Å². The Kier molecular flexibility index (Phi) is 3.81. The Balaban J connectivity index is 1.57. The first-order valence-corrected chi connectivity index (χ1v) is 8.66. The first kappa shape index (κ1) is 15.6. The summed E-state index contributed by atoms with van der Waals surface area (Å²) < 4.78 is 0. The molecule has 1 amide bonds. The smallest absolute Gasteiger partial charge is 0.253 e. The lowest BCUT2D eigenvalue weighted by Gasteiger charge is -2.50. The minimum atomic E-state index is -0.320. The molecule has 2 saturated heterocycles. The van der Waals surface area contributed by atoms with E-state index < -0.39 is 0 Å². The number of nitrogens with one attached hydrogen (secondary N) is 1. The molecule has 2 aromatic rings. The van der Waals surface area contributed by atoms with Gasteiger partial charge in [0.25, 0.3) is 5.91 Å². The molecule has 24 heavy (non-hydrogen) atoms. The molecule has 6 nitrogen and oxygen atoms in total. The highest BCUT2D eigenvalue weighted by molar-refractivity contribution is 5.97. The summed E-state index contributed by atoms with van der Waals surface area (Å²) in [6.07, 6.45) is 4.05. The Morgan fingerprint density at radius 2 is 2.25 bits per heavy atom. The summed E-state index contributed by atoms with van der Waals surface area (Å²) in [6, 6.07) is 5.59. The number of benzene rings is 1. The van der Waals surface area contributed by atoms with Crippen molar-refractivity contribution in [2.75, 3.05) is 33.2 Å². The summed E-state index contributed by atoms with van der Waals surface area (Å²) >= 11 is 0. The zero-order valence-corrected chi connectivity index (χ0v) is 14.0. The average molecular weight is 328 g/mol. The number of aromatic amines is 1. The van der Waals surface area contributed by atoms with E-state index in [1.807, 2.05) is 23.1 Å². The standard InChI is InChI=1S/C18H24N4O2/c1-21-8-5-16(23)18(10-21)6-2-7-22(11-18)17(24)13-3-4-14-15(9-13)20-12-19-14/h3-4,9,12,16,23H,2,5-8,10-11H2,1H3,(H,19,20)/t16-,18-/m0/s1. The number of nitrogens with zero attached hydrogens (tertiary/aromatic N) is 3. The van der Waals surface area contributed by atoms with Crippen molar-refractivity contribution in [3.05, 3.63) is 30.1 Å². The van der Waals surface area contributed by atoms with Crippen LogP contribution in [0, 0.1) is 5.41 Å². The van der Waals surface area contributed by atoms with E-state index in [2.05, 4.69) is 21.9 Å². The van der Waals surface area contributed by atoms with Gasteiger partial charge in [-0.1, -0.05) is 0 Å². The fourth-order valence-corrected chi connectivity index (χ4v) is 4.36. The van der Waals surface area contributed by atoms with Crippen LogP contribution in [-0.2, 0) is 0 Å². The van der Waals surface area contributed by atoms with Gasteiger partial charge >= 0.3 is 0 Å². The first-order chi connectivity index (χ1) is 11.6. The monoisotopic (exact) mass is 328 g/mol. The third kappa shape index (κ3) is 2.59. The van der Waals surface area contributed by atoms with E-state index in [1.54, 1.807) is 6.33 Å². The van der Waals surface area contributed by atoms with Crippen LogP contribution in [0.3, 0.4) is 0 Å². The van der Waals surface area contributed by atoms with Crippen molar-refractivity contribution in [2.45, 2.75) is 25.4 Å². The van der Waals surface area contributed by atoms with Crippen LogP contribution >= 0.6 is 0 Å². The molecule has 2 aliphatic heterocycles. The molecule has 1 aromatic carbocycles. The Hall–Kier alpha value is -1.92. The Morgan fingerprint density at radius 1 is 1.38 bits per heavy atom. The number of H-pyrrole nitrogens is 1. The number of aromatic nitrogens is 2. The molecule has 2 aliphatic rings. The van der Waals surface area contributed by atoms with Crippen molar-refractivity contribution in [1.29, 1.82) is 0 Å². The number of fused-ring (bicyclic) bond motifs is 1. The molecule has 0 saturated carbocycles. The van der Waals surface area contributed by atoms with Gasteiger partial charge in [0.1, 0.15) is 0 Å². The number of hydrogen-bond donors (Lipinski definition) is 2. The normalized spacial score (nSPS) is 28.6. The molecule has 128 valence electrons. The molecule has 6 heteroatoms. The Bertz CT molecular complexity index is 758. The van der Waals surface area contributed by atoms with Gasteiger partial charge in [-0.25, -0.2) is 4.98 Å². The van der Waals surface area contributed by atoms with Crippen LogP contribution in [0.5, 0.6) is 0 Å². The van der Waals surface area contributed by atoms with Crippen molar-refractivity contribution in [1.82, 2.24) is 19.8 Å². The molecule has 2 N–H and O–H groups in total. The first-order valence-electron chi connectivity index (χ1n) is 8.66. The van der Waals surface area contributed by atoms with Crippen LogP contribution in [0.25, 0.3) is 11.0 Å². The van der Waals surface area contributed by atoms with Crippen LogP contribution in [0.15, 0.2) is 24.5 Å². The average Bonchev–Trinajstić information content (AvgIpc) is 3.05. The maximum absolute atomic E-state index is 13.0. The molecular formula is C18H24N4O2. The summed E-state index contributed by atoms with van der Waals surface area (Å²) in [6.45, 7) is 3.18. The van der Waals surface area contributed by atoms with Crippen LogP contribution in [0.2, 0.25) is 0 Å². The van der Waals surface area contributed by atoms with E-state index >= 15 is 0 Å². The predicted molar refractivity (Wildman–Crippen MR) is 91.8 cm³/mol. The van der Waals surface area contributed by atoms with Gasteiger partial charge in [-0.3, -0.25) is 4.79 Å². The molecule has 4 rings (SSSR count). The molecule has 3 heterocycles. The fourth-order valence-electron chi connectivity index (χ4n) is 4.36. The zero-order valence-electron chi connectivity index (χ0n) is 14.0. The van der Waals surface area contributed by atoms with Gasteiger partial charge in [0.2, 0.25) is 0 Å². The number of piperidine rings is 2. The van der Waals surface area contributed by atoms with Gasteiger partial charge in [-0.15, -0.1) is 0 Å². The third-order valence-electron chi connectivity index (χ3n) is 5.64. The number of aliphatic hydroxyl groups is 1. The highest BCUT2D eigenvalue weighted by Gasteiger charge is 2.45. The molecule has 2 atom stereocenters. The van der Waals surface area contributed by atoms with Crippen molar-refractivity contribution in [3.63, 3.8) is 0 Å². The Labute approximate surface area is 141 Å². The van der Waals surface area contributed by atoms with Crippen LogP contribution < -0.4 is 0 Å². The number of likely N-dealkylation sites (tertiary alicyclic amines) is 2. The molecule has 0 bridgehead atoms. The van der Waals surface area contributed by atoms with Gasteiger partial charge < -0.3 is 19.9 Å². The zero-order chi connectivity index (χ0) is 16.7. The quantitative estimate of drug-likeness (QED) is 0.832. The van der Waals surface area contributed by atoms with E-state index in [-0.39, 0.29) is 17.4 Å². The molecular weight excluding hydrogens is 304 g/mol. The van der Waals surface area contributed by atoms with Gasteiger partial charge in [0, 0.05) is 37.2 Å². The molecule has 0 aliphatic carbocycles. The number of carbonyl (C=O) groups is 1. The lowest BCUT2D eigenvalue weighted by atomic mass is 9.71. The largest absolute Gasteiger partial charge is 0.392 e. The number of hydrogen-bond acceptors (Lipinski definition) is 4. The maximum atomic E-state index is 13.0. The lowest BCUT2D eigenvalue weighted by Crippen LogP contribution is -2.59. The second kappa shape index (κ2) is 5.86. The summed E-state index contributed by atoms with van der Waals surface area (Å²) in [5.41, 5.74) is 2.25. The van der Waals surface area contributed by atoms with Gasteiger partial charge in [0.15, 0.2) is 0 Å². The third-order valence-corrected chi connectivity index (χ3v) is 5.64. The van der Waals surface area contributed by atoms with Crippen molar-refractivity contribution in [3.8, 4) is 0 Å². The topological polar surface area (TPSA) is 72.5 Å². The minimum Gasteiger partial charge on any atom is -0.392 e. The van der Waals surface area contributed by atoms with E-state index in [0.717, 1.165) is 49.9 Å². The fraction of sp³-hybridized carbons (Fsp3) is 0.556. The number of carbonyl (C=O) groups excluding carboxylic acids is 1. The van der Waals surface area contributed by atoms with Gasteiger partial charge in [-0.2, -0.15) is 0 Å². The van der Waals surface area contributed by atoms with E-state index in [4.69, 9.17) is 0 Å². The number of imidazole rings is 1. The highest BCUT2D eigenvalue weighted by Crippen LogP contribution is 2.38. The summed E-state index contributed by atoms with van der Waals surface area (Å²) in [5, 5.41) is 10.6. The van der Waals surface area contributed by atoms with Crippen LogP contribution in [-0.4, -0.2) is 70.1 Å². The number of amides is 1. The summed E-state index contributed by atoms with van der Waals surface area (Å²) in [4.78, 5) is 24.4. The molecule has 0 radical (unpaired) electrons. The number of aliphatic hydroxyl groups excluding tert-OH is 1. The van der Waals surface area contributed by atoms with Crippen molar-refractivity contribution < 1.29 is 9.90 Å². The molecule has 0 unspecified atom stereocenters. The second-order valence-electron chi connectivity index (χ2n) is 7.37. The lowest BCUT2D eigenvalue weighted by molar-refractivity contribution is -0.0731. The second-order valence-corrected chi connectivity index (χ2v) is 7.37. The van der Waals surface area contributed by atoms with Crippen LogP contribution in [0.1, 0.15) is 29.6 Å². The van der Waals surface area contributed by atoms with Crippen LogP contribution in [0.4, 0.5) is 0 Å². The van der Waals surface area contributed by atoms with Crippen molar-refractivity contribution in [2.24, 2.45) is 5.41 Å². The predicted octanol–water partition coefficient (Wildman–Crippen LogP) is 1.48. The maximum Gasteiger partial charge on any atom is 0.253 e. The molecule has 2 fully saturated rings. The van der Waals surface area contributed by atoms with E-state index in [1.165, 1.54) is 0 Å². The highest BCUT2D eigenvalue weighted by atomic mass is 16.3. The number of rotatable bonds is 1. The molecule has 1 spiro atoms. The molecule has 1 aromatic heterocycles. The van der Waals surface area contributed by atoms with E-state index in [0.29, 0.717) is 12.1 Å². The Morgan fingerprint density at radius 3 is 3.12 bits per heavy atom. The van der Waals surface area contributed by atoms with Gasteiger partial charge in [-0.05, 0) is 44.5 Å². The van der Waals surface area contributed by atoms with E-state index in [9.17, 15) is 9.90 Å². The van der Waals surface area contributed by atoms with Gasteiger partial charge in [0.05, 0.1) is 23.5 Å². The summed E-state index contributed by atoms with van der Waals surface area (Å²) in [7, 11) is 2.10.